The molecule has 2 N–H and O–H groups in total. The van der Waals surface area contributed by atoms with Crippen molar-refractivity contribution in [2.24, 2.45) is 0 Å². The van der Waals surface area contributed by atoms with Gasteiger partial charge in [0.1, 0.15) is 11.6 Å². The maximum absolute atomic E-state index is 13.6. The van der Waals surface area contributed by atoms with Crippen molar-refractivity contribution in [1.82, 2.24) is 0 Å². The smallest absolute Gasteiger partial charge is 0.143 e. The third kappa shape index (κ3) is 3.64. The Bertz CT molecular complexity index is 560. The summed E-state index contributed by atoms with van der Waals surface area (Å²) in [4.78, 5) is 1.50. The Morgan fingerprint density at radius 1 is 1.21 bits per heavy atom. The standard InChI is InChI=1S/C15H16FNOS/c1-2-9-18-14-10-11(7-8-13(14)17)19-15-6-4-3-5-12(15)16/h3-8,10H,2,9,17H2,1H3. The second-order valence-electron chi connectivity index (χ2n) is 4.08. The van der Waals surface area contributed by atoms with Crippen LogP contribution in [0.3, 0.4) is 0 Å². The molecule has 0 saturated heterocycles. The van der Waals surface area contributed by atoms with Crippen molar-refractivity contribution in [1.29, 1.82) is 0 Å². The molecule has 100 valence electrons. The molecular weight excluding hydrogens is 261 g/mol. The summed E-state index contributed by atoms with van der Waals surface area (Å²) in [6.45, 7) is 2.66. The number of nitrogen functional groups attached to an aromatic ring is 1. The van der Waals surface area contributed by atoms with E-state index < -0.39 is 0 Å². The highest BCUT2D eigenvalue weighted by Crippen LogP contribution is 2.34. The predicted octanol–water partition coefficient (Wildman–Crippen LogP) is 4.35. The minimum Gasteiger partial charge on any atom is -0.491 e. The highest BCUT2D eigenvalue weighted by atomic mass is 32.2. The fraction of sp³-hybridized carbons (Fsp3) is 0.200. The summed E-state index contributed by atoms with van der Waals surface area (Å²) in [6, 6.07) is 12.2. The Morgan fingerprint density at radius 3 is 2.74 bits per heavy atom. The van der Waals surface area contributed by atoms with E-state index in [9.17, 15) is 4.39 Å². The van der Waals surface area contributed by atoms with Gasteiger partial charge in [-0.25, -0.2) is 4.39 Å². The third-order valence-electron chi connectivity index (χ3n) is 2.51. The second kappa shape index (κ2) is 6.48. The van der Waals surface area contributed by atoms with Crippen molar-refractivity contribution in [2.75, 3.05) is 12.3 Å². The van der Waals surface area contributed by atoms with Crippen molar-refractivity contribution in [2.45, 2.75) is 23.1 Å². The molecule has 0 heterocycles. The van der Waals surface area contributed by atoms with Crippen molar-refractivity contribution in [3.05, 3.63) is 48.3 Å². The maximum atomic E-state index is 13.6. The van der Waals surface area contributed by atoms with Crippen LogP contribution in [0, 0.1) is 5.82 Å². The number of nitrogens with two attached hydrogens (primary N) is 1. The predicted molar refractivity (Wildman–Crippen MR) is 77.2 cm³/mol. The molecule has 0 atom stereocenters. The summed E-state index contributed by atoms with van der Waals surface area (Å²) in [6.07, 6.45) is 0.921. The van der Waals surface area contributed by atoms with E-state index >= 15 is 0 Å². The number of hydrogen-bond acceptors (Lipinski definition) is 3. The first kappa shape index (κ1) is 13.7. The Balaban J connectivity index is 2.19. The number of rotatable bonds is 5. The average Bonchev–Trinajstić information content (AvgIpc) is 2.42. The minimum absolute atomic E-state index is 0.222. The largest absolute Gasteiger partial charge is 0.491 e. The van der Waals surface area contributed by atoms with Crippen LogP contribution in [0.15, 0.2) is 52.3 Å². The van der Waals surface area contributed by atoms with E-state index in [2.05, 4.69) is 0 Å². The van der Waals surface area contributed by atoms with E-state index in [-0.39, 0.29) is 5.82 Å². The van der Waals surface area contributed by atoms with Gasteiger partial charge in [0.2, 0.25) is 0 Å². The molecule has 0 aromatic heterocycles. The highest BCUT2D eigenvalue weighted by molar-refractivity contribution is 7.99. The van der Waals surface area contributed by atoms with Gasteiger partial charge in [-0.3, -0.25) is 0 Å². The first-order chi connectivity index (χ1) is 9.20. The summed E-state index contributed by atoms with van der Waals surface area (Å²) >= 11 is 1.36. The van der Waals surface area contributed by atoms with Gasteiger partial charge in [0, 0.05) is 9.79 Å². The third-order valence-corrected chi connectivity index (χ3v) is 3.55. The molecule has 0 aliphatic rings. The van der Waals surface area contributed by atoms with E-state index in [1.807, 2.05) is 25.1 Å². The Hall–Kier alpha value is -1.68. The number of ether oxygens (including phenoxy) is 1. The van der Waals surface area contributed by atoms with Crippen LogP contribution in [0.5, 0.6) is 5.75 Å². The van der Waals surface area contributed by atoms with Crippen molar-refractivity contribution < 1.29 is 9.13 Å². The van der Waals surface area contributed by atoms with Gasteiger partial charge in [-0.15, -0.1) is 0 Å². The molecule has 0 radical (unpaired) electrons. The van der Waals surface area contributed by atoms with Gasteiger partial charge < -0.3 is 10.5 Å². The van der Waals surface area contributed by atoms with Gasteiger partial charge >= 0.3 is 0 Å². The van der Waals surface area contributed by atoms with Crippen LogP contribution < -0.4 is 10.5 Å². The molecule has 0 aliphatic carbocycles. The number of anilines is 1. The fourth-order valence-electron chi connectivity index (χ4n) is 1.57. The highest BCUT2D eigenvalue weighted by Gasteiger charge is 2.06. The van der Waals surface area contributed by atoms with Gasteiger partial charge in [-0.2, -0.15) is 0 Å². The molecule has 0 saturated carbocycles. The molecule has 2 nitrogen and oxygen atoms in total. The van der Waals surface area contributed by atoms with Crippen LogP contribution in [0.4, 0.5) is 10.1 Å². The zero-order valence-electron chi connectivity index (χ0n) is 10.7. The lowest BCUT2D eigenvalue weighted by molar-refractivity contribution is 0.318. The van der Waals surface area contributed by atoms with Crippen LogP contribution in [0.1, 0.15) is 13.3 Å². The van der Waals surface area contributed by atoms with Gasteiger partial charge in [0.25, 0.3) is 0 Å². The average molecular weight is 277 g/mol. The van der Waals surface area contributed by atoms with Gasteiger partial charge in [0.05, 0.1) is 12.3 Å². The summed E-state index contributed by atoms with van der Waals surface area (Å²) in [5, 5.41) is 0. The molecule has 2 aromatic rings. The van der Waals surface area contributed by atoms with Gasteiger partial charge in [0.15, 0.2) is 0 Å². The van der Waals surface area contributed by atoms with E-state index in [0.717, 1.165) is 11.3 Å². The number of hydrogen-bond donors (Lipinski definition) is 1. The van der Waals surface area contributed by atoms with E-state index in [4.69, 9.17) is 10.5 Å². The number of benzene rings is 2. The molecule has 2 aromatic carbocycles. The molecule has 0 aliphatic heterocycles. The lowest BCUT2D eigenvalue weighted by Gasteiger charge is -2.10. The van der Waals surface area contributed by atoms with Crippen molar-refractivity contribution in [3.63, 3.8) is 0 Å². The fourth-order valence-corrected chi connectivity index (χ4v) is 2.44. The SMILES string of the molecule is CCCOc1cc(Sc2ccccc2F)ccc1N. The van der Waals surface area contributed by atoms with Gasteiger partial charge in [-0.05, 0) is 36.8 Å². The van der Waals surface area contributed by atoms with E-state index in [1.165, 1.54) is 17.8 Å². The normalized spacial score (nSPS) is 10.4. The summed E-state index contributed by atoms with van der Waals surface area (Å²) < 4.78 is 19.1. The van der Waals surface area contributed by atoms with E-state index in [1.54, 1.807) is 18.2 Å². The summed E-state index contributed by atoms with van der Waals surface area (Å²) in [5.41, 5.74) is 6.45. The summed E-state index contributed by atoms with van der Waals surface area (Å²) in [7, 11) is 0. The van der Waals surface area contributed by atoms with Crippen LogP contribution in [-0.2, 0) is 0 Å². The topological polar surface area (TPSA) is 35.2 Å². The summed E-state index contributed by atoms with van der Waals surface area (Å²) in [5.74, 6) is 0.434. The molecular formula is C15H16FNOS. The molecule has 0 amide bonds. The van der Waals surface area contributed by atoms with Crippen LogP contribution >= 0.6 is 11.8 Å². The first-order valence-corrected chi connectivity index (χ1v) is 6.97. The Morgan fingerprint density at radius 2 is 2.00 bits per heavy atom. The molecule has 2 rings (SSSR count). The molecule has 19 heavy (non-hydrogen) atoms. The van der Waals surface area contributed by atoms with Crippen LogP contribution in [0.2, 0.25) is 0 Å². The maximum Gasteiger partial charge on any atom is 0.143 e. The minimum atomic E-state index is -0.222. The molecule has 0 fully saturated rings. The van der Waals surface area contributed by atoms with Crippen LogP contribution in [-0.4, -0.2) is 6.61 Å². The Labute approximate surface area is 116 Å². The second-order valence-corrected chi connectivity index (χ2v) is 5.20. The lowest BCUT2D eigenvalue weighted by atomic mass is 10.3. The lowest BCUT2D eigenvalue weighted by Crippen LogP contribution is -1.99. The van der Waals surface area contributed by atoms with Crippen LogP contribution in [0.25, 0.3) is 0 Å². The molecule has 0 spiro atoms. The number of halogens is 1. The zero-order valence-corrected chi connectivity index (χ0v) is 11.5. The first-order valence-electron chi connectivity index (χ1n) is 6.15. The quantitative estimate of drug-likeness (QED) is 0.825. The van der Waals surface area contributed by atoms with Gasteiger partial charge in [-0.1, -0.05) is 30.8 Å². The molecule has 4 heteroatoms. The van der Waals surface area contributed by atoms with E-state index in [0.29, 0.717) is 22.9 Å². The van der Waals surface area contributed by atoms with Crippen molar-refractivity contribution >= 4 is 17.4 Å². The zero-order chi connectivity index (χ0) is 13.7. The monoisotopic (exact) mass is 277 g/mol. The Kier molecular flexibility index (Phi) is 4.68. The molecule has 0 unspecified atom stereocenters. The van der Waals surface area contributed by atoms with Crippen molar-refractivity contribution in [3.8, 4) is 5.75 Å². The molecule has 0 bridgehead atoms.